The number of hydrogen-bond donors (Lipinski definition) is 2. The first kappa shape index (κ1) is 18.2. The maximum atomic E-state index is 13.5. The Hall–Kier alpha value is -0.890. The fourth-order valence-corrected chi connectivity index (χ4v) is 2.22. The third-order valence-corrected chi connectivity index (χ3v) is 3.45. The number of nitrogens with zero attached hydrogens (tertiary/aromatic N) is 1. The lowest BCUT2D eigenvalue weighted by Crippen LogP contribution is -2.40. The van der Waals surface area contributed by atoms with Gasteiger partial charge in [-0.1, -0.05) is 18.2 Å². The normalized spacial score (nSPS) is 18.2. The summed E-state index contributed by atoms with van der Waals surface area (Å²) in [4.78, 5) is 4.16. The van der Waals surface area contributed by atoms with Crippen LogP contribution in [0.5, 0.6) is 0 Å². The fourth-order valence-electron chi connectivity index (χ4n) is 2.22. The van der Waals surface area contributed by atoms with Crippen LogP contribution >= 0.6 is 24.0 Å². The Morgan fingerprint density at radius 2 is 2.19 bits per heavy atom. The van der Waals surface area contributed by atoms with Crippen molar-refractivity contribution in [3.8, 4) is 0 Å². The van der Waals surface area contributed by atoms with Gasteiger partial charge in [0.05, 0.1) is 6.61 Å². The number of benzene rings is 1. The lowest BCUT2D eigenvalue weighted by Gasteiger charge is -2.14. The topological polar surface area (TPSA) is 45.7 Å². The Morgan fingerprint density at radius 1 is 1.38 bits per heavy atom. The summed E-state index contributed by atoms with van der Waals surface area (Å²) in [7, 11) is 1.74. The minimum absolute atomic E-state index is 0. The summed E-state index contributed by atoms with van der Waals surface area (Å²) in [5.41, 5.74) is 0.722. The predicted molar refractivity (Wildman–Crippen MR) is 93.8 cm³/mol. The predicted octanol–water partition coefficient (Wildman–Crippen LogP) is 2.19. The molecule has 0 amide bonds. The van der Waals surface area contributed by atoms with E-state index in [0.29, 0.717) is 18.9 Å². The average molecular weight is 407 g/mol. The highest BCUT2D eigenvalue weighted by molar-refractivity contribution is 14.0. The molecular formula is C15H23FIN3O. The highest BCUT2D eigenvalue weighted by atomic mass is 127. The van der Waals surface area contributed by atoms with Crippen LogP contribution in [-0.4, -0.2) is 39.3 Å². The molecule has 118 valence electrons. The molecule has 0 aliphatic carbocycles. The molecule has 1 aliphatic heterocycles. The Labute approximate surface area is 142 Å². The number of hydrogen-bond acceptors (Lipinski definition) is 2. The average Bonchev–Trinajstić information content (AvgIpc) is 2.98. The van der Waals surface area contributed by atoms with Crippen molar-refractivity contribution in [2.45, 2.75) is 12.8 Å². The minimum atomic E-state index is -0.152. The van der Waals surface area contributed by atoms with Gasteiger partial charge < -0.3 is 15.4 Å². The van der Waals surface area contributed by atoms with E-state index in [0.717, 1.165) is 37.7 Å². The molecule has 0 spiro atoms. The highest BCUT2D eigenvalue weighted by Gasteiger charge is 2.15. The van der Waals surface area contributed by atoms with Gasteiger partial charge in [-0.25, -0.2) is 4.39 Å². The quantitative estimate of drug-likeness (QED) is 0.447. The third-order valence-electron chi connectivity index (χ3n) is 3.45. The van der Waals surface area contributed by atoms with E-state index < -0.39 is 0 Å². The Balaban J connectivity index is 0.00000220. The van der Waals surface area contributed by atoms with Gasteiger partial charge in [-0.15, -0.1) is 24.0 Å². The summed E-state index contributed by atoms with van der Waals surface area (Å²) >= 11 is 0. The summed E-state index contributed by atoms with van der Waals surface area (Å²) in [5.74, 6) is 1.16. The molecule has 1 aromatic carbocycles. The van der Waals surface area contributed by atoms with Gasteiger partial charge in [0.25, 0.3) is 0 Å². The summed E-state index contributed by atoms with van der Waals surface area (Å²) in [6, 6.07) is 6.85. The van der Waals surface area contributed by atoms with Crippen LogP contribution in [0.3, 0.4) is 0 Å². The third kappa shape index (κ3) is 6.17. The molecule has 1 aromatic rings. The molecule has 1 unspecified atom stereocenters. The molecule has 1 heterocycles. The van der Waals surface area contributed by atoms with Gasteiger partial charge in [-0.05, 0) is 24.5 Å². The number of halogens is 2. The van der Waals surface area contributed by atoms with E-state index in [4.69, 9.17) is 4.74 Å². The van der Waals surface area contributed by atoms with Crippen LogP contribution in [0, 0.1) is 11.7 Å². The van der Waals surface area contributed by atoms with Gasteiger partial charge in [-0.2, -0.15) is 0 Å². The van der Waals surface area contributed by atoms with E-state index in [2.05, 4.69) is 15.6 Å². The SMILES string of the molecule is CN=C(NCCc1ccccc1F)NCC1CCOC1.I. The van der Waals surface area contributed by atoms with Gasteiger partial charge in [0.1, 0.15) is 5.82 Å². The molecule has 0 bridgehead atoms. The van der Waals surface area contributed by atoms with Crippen LogP contribution in [0.1, 0.15) is 12.0 Å². The Morgan fingerprint density at radius 3 is 2.86 bits per heavy atom. The van der Waals surface area contributed by atoms with E-state index in [9.17, 15) is 4.39 Å². The van der Waals surface area contributed by atoms with Crippen LogP contribution in [0.15, 0.2) is 29.3 Å². The lowest BCUT2D eigenvalue weighted by molar-refractivity contribution is 0.186. The van der Waals surface area contributed by atoms with Crippen molar-refractivity contribution in [3.63, 3.8) is 0 Å². The molecule has 0 radical (unpaired) electrons. The standard InChI is InChI=1S/C15H22FN3O.HI/c1-17-15(19-10-12-7-9-20-11-12)18-8-6-13-4-2-3-5-14(13)16;/h2-5,12H,6-11H2,1H3,(H2,17,18,19);1H. The summed E-state index contributed by atoms with van der Waals surface area (Å²) in [6.07, 6.45) is 1.74. The monoisotopic (exact) mass is 407 g/mol. The van der Waals surface area contributed by atoms with Crippen LogP contribution in [-0.2, 0) is 11.2 Å². The van der Waals surface area contributed by atoms with E-state index in [1.807, 2.05) is 12.1 Å². The Kier molecular flexibility index (Phi) is 8.60. The van der Waals surface area contributed by atoms with Crippen molar-refractivity contribution in [3.05, 3.63) is 35.6 Å². The summed E-state index contributed by atoms with van der Waals surface area (Å²) < 4.78 is 18.8. The molecule has 0 aromatic heterocycles. The molecule has 1 fully saturated rings. The largest absolute Gasteiger partial charge is 0.381 e. The van der Waals surface area contributed by atoms with Gasteiger partial charge in [-0.3, -0.25) is 4.99 Å². The van der Waals surface area contributed by atoms with Crippen molar-refractivity contribution in [2.24, 2.45) is 10.9 Å². The van der Waals surface area contributed by atoms with E-state index in [-0.39, 0.29) is 29.8 Å². The van der Waals surface area contributed by atoms with Crippen molar-refractivity contribution in [1.29, 1.82) is 0 Å². The zero-order valence-corrected chi connectivity index (χ0v) is 14.6. The molecule has 21 heavy (non-hydrogen) atoms. The zero-order valence-electron chi connectivity index (χ0n) is 12.3. The van der Waals surface area contributed by atoms with Gasteiger partial charge in [0.2, 0.25) is 0 Å². The van der Waals surface area contributed by atoms with E-state index >= 15 is 0 Å². The van der Waals surface area contributed by atoms with Crippen LogP contribution in [0.4, 0.5) is 4.39 Å². The molecular weight excluding hydrogens is 384 g/mol. The number of ether oxygens (including phenoxy) is 1. The van der Waals surface area contributed by atoms with Crippen LogP contribution in [0.25, 0.3) is 0 Å². The molecule has 1 atom stereocenters. The van der Waals surface area contributed by atoms with Crippen molar-refractivity contribution < 1.29 is 9.13 Å². The van der Waals surface area contributed by atoms with Crippen LogP contribution < -0.4 is 10.6 Å². The summed E-state index contributed by atoms with van der Waals surface area (Å²) in [5, 5.41) is 6.48. The van der Waals surface area contributed by atoms with Crippen molar-refractivity contribution in [1.82, 2.24) is 10.6 Å². The second kappa shape index (κ2) is 9.94. The lowest BCUT2D eigenvalue weighted by atomic mass is 10.1. The maximum Gasteiger partial charge on any atom is 0.190 e. The number of rotatable bonds is 5. The van der Waals surface area contributed by atoms with Gasteiger partial charge >= 0.3 is 0 Å². The first-order valence-corrected chi connectivity index (χ1v) is 7.05. The smallest absolute Gasteiger partial charge is 0.190 e. The molecule has 2 rings (SSSR count). The molecule has 1 aliphatic rings. The van der Waals surface area contributed by atoms with Crippen molar-refractivity contribution >= 4 is 29.9 Å². The second-order valence-corrected chi connectivity index (χ2v) is 4.95. The molecule has 2 N–H and O–H groups in total. The fraction of sp³-hybridized carbons (Fsp3) is 0.533. The summed E-state index contributed by atoms with van der Waals surface area (Å²) in [6.45, 7) is 3.19. The highest BCUT2D eigenvalue weighted by Crippen LogP contribution is 2.10. The maximum absolute atomic E-state index is 13.5. The van der Waals surface area contributed by atoms with Crippen LogP contribution in [0.2, 0.25) is 0 Å². The zero-order chi connectivity index (χ0) is 14.2. The number of aliphatic imine (C=N–C) groups is 1. The molecule has 1 saturated heterocycles. The Bertz CT molecular complexity index is 450. The van der Waals surface area contributed by atoms with E-state index in [1.165, 1.54) is 6.07 Å². The molecule has 4 nitrogen and oxygen atoms in total. The van der Waals surface area contributed by atoms with Gasteiger partial charge in [0, 0.05) is 32.7 Å². The molecule has 0 saturated carbocycles. The number of nitrogens with one attached hydrogen (secondary N) is 2. The second-order valence-electron chi connectivity index (χ2n) is 4.95. The van der Waals surface area contributed by atoms with Gasteiger partial charge in [0.15, 0.2) is 5.96 Å². The van der Waals surface area contributed by atoms with Crippen molar-refractivity contribution in [2.75, 3.05) is 33.4 Å². The first-order valence-electron chi connectivity index (χ1n) is 7.05. The molecule has 6 heteroatoms. The van der Waals surface area contributed by atoms with E-state index in [1.54, 1.807) is 13.1 Å². The first-order chi connectivity index (χ1) is 9.79. The number of guanidine groups is 1. The minimum Gasteiger partial charge on any atom is -0.381 e.